The molecule has 0 aliphatic rings. The van der Waals surface area contributed by atoms with Gasteiger partial charge in [-0.15, -0.1) is 0 Å². The van der Waals surface area contributed by atoms with E-state index in [1.165, 1.54) is 0 Å². The van der Waals surface area contributed by atoms with Crippen LogP contribution in [0.1, 0.15) is 0 Å². The molecule has 0 spiro atoms. The number of carbonyl (C=O) groups is 2. The second-order valence-electron chi connectivity index (χ2n) is 1.53. The van der Waals surface area contributed by atoms with Gasteiger partial charge in [-0.1, -0.05) is 0 Å². The van der Waals surface area contributed by atoms with Gasteiger partial charge in [0.25, 0.3) is 0 Å². The third-order valence-electron chi connectivity index (χ3n) is 0.782. The van der Waals surface area contributed by atoms with Crippen LogP contribution >= 0.6 is 0 Å². The Balaban J connectivity index is 0. The van der Waals surface area contributed by atoms with Crippen LogP contribution in [0.3, 0.4) is 0 Å². The number of carboxylic acids is 2. The van der Waals surface area contributed by atoms with Crippen molar-refractivity contribution in [2.75, 3.05) is 0 Å². The maximum Gasteiger partial charge on any atom is 2.00 e. The third-order valence-corrected chi connectivity index (χ3v) is 0.782. The predicted molar refractivity (Wildman–Crippen MR) is 27.8 cm³/mol. The van der Waals surface area contributed by atoms with Crippen LogP contribution in [0.4, 0.5) is 0 Å². The molecule has 0 bridgehead atoms. The average Bonchev–Trinajstić information content (AvgIpc) is 1.84. The van der Waals surface area contributed by atoms with E-state index < -0.39 is 24.1 Å². The number of rotatable bonds is 3. The van der Waals surface area contributed by atoms with E-state index in [0.29, 0.717) is 0 Å². The predicted octanol–water partition coefficient (Wildman–Crippen LogP) is -5.17. The summed E-state index contributed by atoms with van der Waals surface area (Å²) in [7, 11) is 0. The molecule has 58 valence electrons. The summed E-state index contributed by atoms with van der Waals surface area (Å²) >= 11 is 0. The van der Waals surface area contributed by atoms with Crippen molar-refractivity contribution in [3.63, 3.8) is 0 Å². The van der Waals surface area contributed by atoms with Gasteiger partial charge in [-0.3, -0.25) is 0 Å². The Kier molecular flexibility index (Phi) is 6.37. The van der Waals surface area contributed by atoms with E-state index >= 15 is 0 Å². The first-order valence-corrected chi connectivity index (χ1v) is 2.24. The molecule has 6 nitrogen and oxygen atoms in total. The van der Waals surface area contributed by atoms with E-state index in [1.807, 2.05) is 0 Å². The minimum Gasteiger partial charge on any atom is -0.547 e. The SMILES string of the molecule is O=C([O-])[C@H](O)[C@@H](O)C(=O)[O-].[Mg+2]. The summed E-state index contributed by atoms with van der Waals surface area (Å²) in [6.07, 6.45) is -4.88. The van der Waals surface area contributed by atoms with Gasteiger partial charge in [0.15, 0.2) is 0 Å². The quantitative estimate of drug-likeness (QED) is 0.411. The Morgan fingerprint density at radius 3 is 1.27 bits per heavy atom. The van der Waals surface area contributed by atoms with Gasteiger partial charge in [0.2, 0.25) is 0 Å². The number of aliphatic hydroxyl groups is 2. The van der Waals surface area contributed by atoms with Crippen molar-refractivity contribution >= 4 is 35.0 Å². The van der Waals surface area contributed by atoms with Gasteiger partial charge in [-0.25, -0.2) is 0 Å². The molecule has 0 amide bonds. The molecule has 0 saturated heterocycles. The number of aliphatic hydroxyl groups excluding tert-OH is 2. The van der Waals surface area contributed by atoms with Crippen molar-refractivity contribution in [3.8, 4) is 0 Å². The maximum absolute atomic E-state index is 9.63. The Morgan fingerprint density at radius 2 is 1.18 bits per heavy atom. The molecule has 0 unspecified atom stereocenters. The minimum absolute atomic E-state index is 0. The Labute approximate surface area is 77.6 Å². The zero-order valence-corrected chi connectivity index (χ0v) is 6.80. The molecule has 0 rings (SSSR count). The van der Waals surface area contributed by atoms with E-state index in [9.17, 15) is 19.8 Å². The minimum atomic E-state index is -2.44. The monoisotopic (exact) mass is 172 g/mol. The smallest absolute Gasteiger partial charge is 0.547 e. The average molecular weight is 172 g/mol. The van der Waals surface area contributed by atoms with E-state index in [0.717, 1.165) is 0 Å². The molecule has 0 heterocycles. The summed E-state index contributed by atoms with van der Waals surface area (Å²) in [5.74, 6) is -4.12. The summed E-state index contributed by atoms with van der Waals surface area (Å²) < 4.78 is 0. The van der Waals surface area contributed by atoms with Crippen LogP contribution in [0.2, 0.25) is 0 Å². The fourth-order valence-electron chi connectivity index (χ4n) is 0.258. The van der Waals surface area contributed by atoms with Crippen LogP contribution < -0.4 is 10.2 Å². The van der Waals surface area contributed by atoms with Crippen molar-refractivity contribution < 1.29 is 30.0 Å². The van der Waals surface area contributed by atoms with Gasteiger partial charge in [0.1, 0.15) is 12.2 Å². The van der Waals surface area contributed by atoms with Gasteiger partial charge < -0.3 is 30.0 Å². The molecular weight excluding hydrogens is 168 g/mol. The Bertz CT molecular complexity index is 139. The number of carbonyl (C=O) groups excluding carboxylic acids is 2. The molecule has 0 aliphatic carbocycles. The van der Waals surface area contributed by atoms with Crippen LogP contribution in [-0.4, -0.2) is 57.4 Å². The van der Waals surface area contributed by atoms with Gasteiger partial charge in [-0.05, 0) is 0 Å². The summed E-state index contributed by atoms with van der Waals surface area (Å²) in [4.78, 5) is 19.3. The molecule has 0 aromatic heterocycles. The first-order chi connectivity index (χ1) is 4.46. The van der Waals surface area contributed by atoms with Crippen molar-refractivity contribution in [2.24, 2.45) is 0 Å². The summed E-state index contributed by atoms with van der Waals surface area (Å²) in [6.45, 7) is 0. The molecule has 2 N–H and O–H groups in total. The molecule has 0 aromatic rings. The van der Waals surface area contributed by atoms with Crippen molar-refractivity contribution in [3.05, 3.63) is 0 Å². The molecule has 0 fully saturated rings. The van der Waals surface area contributed by atoms with Crippen molar-refractivity contribution in [2.45, 2.75) is 12.2 Å². The molecule has 11 heavy (non-hydrogen) atoms. The first-order valence-electron chi connectivity index (χ1n) is 2.24. The van der Waals surface area contributed by atoms with E-state index in [1.54, 1.807) is 0 Å². The maximum atomic E-state index is 9.63. The molecular formula is C4H4MgO6. The molecule has 0 aliphatic heterocycles. The molecule has 0 saturated carbocycles. The Hall–Kier alpha value is -0.374. The standard InChI is InChI=1S/C4H6O6.Mg/c5-1(3(7)8)2(6)4(9)10;/h1-2,5-6H,(H,7,8)(H,9,10);/q;+2/p-2/t1-,2-;/m1./s1. The molecule has 0 aromatic carbocycles. The fourth-order valence-corrected chi connectivity index (χ4v) is 0.258. The second kappa shape index (κ2) is 5.30. The van der Waals surface area contributed by atoms with Crippen LogP contribution in [0.5, 0.6) is 0 Å². The molecule has 2 atom stereocenters. The van der Waals surface area contributed by atoms with Crippen molar-refractivity contribution in [1.82, 2.24) is 0 Å². The van der Waals surface area contributed by atoms with Crippen LogP contribution in [-0.2, 0) is 9.59 Å². The topological polar surface area (TPSA) is 121 Å². The van der Waals surface area contributed by atoms with Gasteiger partial charge >= 0.3 is 23.1 Å². The third kappa shape index (κ3) is 4.14. The van der Waals surface area contributed by atoms with E-state index in [-0.39, 0.29) is 23.1 Å². The normalized spacial score (nSPS) is 14.4. The zero-order valence-electron chi connectivity index (χ0n) is 5.39. The van der Waals surface area contributed by atoms with E-state index in [4.69, 9.17) is 10.2 Å². The number of carboxylic acid groups (broad SMARTS) is 2. The number of hydrogen-bond acceptors (Lipinski definition) is 6. The van der Waals surface area contributed by atoms with Gasteiger partial charge in [0.05, 0.1) is 11.9 Å². The van der Waals surface area contributed by atoms with Crippen LogP contribution in [0.25, 0.3) is 0 Å². The summed E-state index contributed by atoms with van der Waals surface area (Å²) in [5.41, 5.74) is 0. The molecule has 7 heteroatoms. The van der Waals surface area contributed by atoms with Crippen LogP contribution in [0, 0.1) is 0 Å². The summed E-state index contributed by atoms with van der Waals surface area (Å²) in [5, 5.41) is 35.7. The van der Waals surface area contributed by atoms with Gasteiger partial charge in [0, 0.05) is 0 Å². The first kappa shape index (κ1) is 13.2. The largest absolute Gasteiger partial charge is 2.00 e. The number of aliphatic carboxylic acids is 2. The Morgan fingerprint density at radius 1 is 1.00 bits per heavy atom. The summed E-state index contributed by atoms with van der Waals surface area (Å²) in [6, 6.07) is 0. The van der Waals surface area contributed by atoms with E-state index in [2.05, 4.69) is 0 Å². The zero-order chi connectivity index (χ0) is 8.31. The van der Waals surface area contributed by atoms with Crippen LogP contribution in [0.15, 0.2) is 0 Å². The molecule has 0 radical (unpaired) electrons. The van der Waals surface area contributed by atoms with Gasteiger partial charge in [-0.2, -0.15) is 0 Å². The van der Waals surface area contributed by atoms with Crippen molar-refractivity contribution in [1.29, 1.82) is 0 Å². The second-order valence-corrected chi connectivity index (χ2v) is 1.53. The number of hydrogen-bond donors (Lipinski definition) is 2. The fraction of sp³-hybridized carbons (Fsp3) is 0.500.